The lowest BCUT2D eigenvalue weighted by Gasteiger charge is -2.11. The molecule has 0 saturated carbocycles. The maximum Gasteiger partial charge on any atom is 0.330 e. The van der Waals surface area contributed by atoms with Crippen LogP contribution in [-0.2, 0) is 9.53 Å². The second kappa shape index (κ2) is 6.90. The van der Waals surface area contributed by atoms with Crippen molar-refractivity contribution in [1.82, 2.24) is 0 Å². The van der Waals surface area contributed by atoms with Gasteiger partial charge in [-0.3, -0.25) is 10.1 Å². The fourth-order valence-electron chi connectivity index (χ4n) is 1.48. The molecule has 1 aromatic carbocycles. The Kier molecular flexibility index (Phi) is 5.51. The number of ether oxygens (including phenoxy) is 3. The Bertz CT molecular complexity index is 570. The maximum atomic E-state index is 11.1. The van der Waals surface area contributed by atoms with E-state index in [0.717, 1.165) is 6.08 Å². The van der Waals surface area contributed by atoms with Gasteiger partial charge in [-0.2, -0.15) is 0 Å². The third-order valence-corrected chi connectivity index (χ3v) is 3.20. The molecule has 0 aliphatic heterocycles. The number of carbonyl (C=O) groups excluding carboxylic acids is 1. The van der Waals surface area contributed by atoms with Crippen LogP contribution in [0.2, 0.25) is 0 Å². The van der Waals surface area contributed by atoms with E-state index in [0.29, 0.717) is 10.2 Å². The van der Waals surface area contributed by atoms with E-state index in [2.05, 4.69) is 20.7 Å². The first kappa shape index (κ1) is 16.0. The van der Waals surface area contributed by atoms with Crippen molar-refractivity contribution >= 4 is 33.7 Å². The van der Waals surface area contributed by atoms with Gasteiger partial charge in [-0.05, 0) is 22.0 Å². The highest BCUT2D eigenvalue weighted by Gasteiger charge is 2.23. The van der Waals surface area contributed by atoms with Crippen LogP contribution in [0.15, 0.2) is 16.6 Å². The number of esters is 1. The molecule has 1 aromatic rings. The monoisotopic (exact) mass is 345 g/mol. The van der Waals surface area contributed by atoms with Crippen molar-refractivity contribution in [3.8, 4) is 11.5 Å². The summed E-state index contributed by atoms with van der Waals surface area (Å²) in [6, 6.07) is 1.22. The van der Waals surface area contributed by atoms with E-state index in [4.69, 9.17) is 9.47 Å². The number of hydrogen-bond acceptors (Lipinski definition) is 6. The Morgan fingerprint density at radius 1 is 1.35 bits per heavy atom. The SMILES string of the molecule is COC(=O)/C=C/c1c([N+](=O)[O-])cc(OC)c(OC)c1Br. The molecule has 7 nitrogen and oxygen atoms in total. The molecule has 108 valence electrons. The van der Waals surface area contributed by atoms with Gasteiger partial charge in [0, 0.05) is 6.08 Å². The van der Waals surface area contributed by atoms with Gasteiger partial charge in [-0.25, -0.2) is 4.79 Å². The molecule has 0 aromatic heterocycles. The van der Waals surface area contributed by atoms with Crippen LogP contribution in [0.1, 0.15) is 5.56 Å². The van der Waals surface area contributed by atoms with E-state index in [-0.39, 0.29) is 17.0 Å². The number of carbonyl (C=O) groups is 1. The Balaban J connectivity index is 3.50. The van der Waals surface area contributed by atoms with Crippen LogP contribution in [0, 0.1) is 10.1 Å². The van der Waals surface area contributed by atoms with Crippen LogP contribution < -0.4 is 9.47 Å². The van der Waals surface area contributed by atoms with E-state index in [1.807, 2.05) is 0 Å². The largest absolute Gasteiger partial charge is 0.493 e. The van der Waals surface area contributed by atoms with E-state index in [9.17, 15) is 14.9 Å². The zero-order valence-electron chi connectivity index (χ0n) is 11.0. The number of nitrogens with zero attached hydrogens (tertiary/aromatic N) is 1. The summed E-state index contributed by atoms with van der Waals surface area (Å²) in [5.74, 6) is -0.120. The molecule has 0 spiro atoms. The summed E-state index contributed by atoms with van der Waals surface area (Å²) < 4.78 is 14.9. The first-order valence-corrected chi connectivity index (χ1v) is 6.10. The average Bonchev–Trinajstić information content (AvgIpc) is 2.44. The van der Waals surface area contributed by atoms with Gasteiger partial charge in [0.1, 0.15) is 0 Å². The zero-order valence-corrected chi connectivity index (χ0v) is 12.6. The van der Waals surface area contributed by atoms with Crippen molar-refractivity contribution in [3.05, 3.63) is 32.3 Å². The molecule has 0 heterocycles. The summed E-state index contributed by atoms with van der Waals surface area (Å²) in [6.45, 7) is 0. The number of rotatable bonds is 5. The lowest BCUT2D eigenvalue weighted by Crippen LogP contribution is -1.99. The van der Waals surface area contributed by atoms with Crippen LogP contribution in [0.5, 0.6) is 11.5 Å². The maximum absolute atomic E-state index is 11.1. The normalized spacial score (nSPS) is 10.4. The van der Waals surface area contributed by atoms with E-state index >= 15 is 0 Å². The van der Waals surface area contributed by atoms with Crippen LogP contribution in [0.4, 0.5) is 5.69 Å². The first-order chi connectivity index (χ1) is 9.46. The number of hydrogen-bond donors (Lipinski definition) is 0. The minimum Gasteiger partial charge on any atom is -0.493 e. The molecule has 0 unspecified atom stereocenters. The molecule has 0 radical (unpaired) electrons. The van der Waals surface area contributed by atoms with Gasteiger partial charge in [0.05, 0.1) is 42.4 Å². The second-order valence-corrected chi connectivity index (χ2v) is 4.27. The molecule has 0 aliphatic carbocycles. The highest BCUT2D eigenvalue weighted by molar-refractivity contribution is 9.10. The van der Waals surface area contributed by atoms with Crippen molar-refractivity contribution in [1.29, 1.82) is 0 Å². The highest BCUT2D eigenvalue weighted by atomic mass is 79.9. The molecule has 0 aliphatic rings. The Morgan fingerprint density at radius 3 is 2.45 bits per heavy atom. The van der Waals surface area contributed by atoms with Crippen molar-refractivity contribution < 1.29 is 23.9 Å². The van der Waals surface area contributed by atoms with Crippen molar-refractivity contribution in [2.75, 3.05) is 21.3 Å². The van der Waals surface area contributed by atoms with Gasteiger partial charge < -0.3 is 14.2 Å². The Hall–Kier alpha value is -2.09. The molecular formula is C12H12BrNO6. The predicted molar refractivity (Wildman–Crippen MR) is 75.0 cm³/mol. The minimum absolute atomic E-state index is 0.179. The van der Waals surface area contributed by atoms with Crippen LogP contribution >= 0.6 is 15.9 Å². The smallest absolute Gasteiger partial charge is 0.330 e. The molecular weight excluding hydrogens is 334 g/mol. The van der Waals surface area contributed by atoms with Crippen molar-refractivity contribution in [2.45, 2.75) is 0 Å². The third-order valence-electron chi connectivity index (χ3n) is 2.41. The summed E-state index contributed by atoms with van der Waals surface area (Å²) in [6.07, 6.45) is 2.36. The summed E-state index contributed by atoms with van der Waals surface area (Å²) in [5.41, 5.74) is -0.0484. The lowest BCUT2D eigenvalue weighted by molar-refractivity contribution is -0.385. The number of methoxy groups -OCH3 is 3. The van der Waals surface area contributed by atoms with Gasteiger partial charge in [-0.15, -0.1) is 0 Å². The standard InChI is InChI=1S/C12H12BrNO6/c1-18-9-6-8(14(16)17)7(4-5-10(15)19-2)11(13)12(9)20-3/h4-6H,1-3H3/b5-4+. The molecule has 0 fully saturated rings. The second-order valence-electron chi connectivity index (χ2n) is 3.47. The molecule has 1 rings (SSSR count). The zero-order chi connectivity index (χ0) is 15.3. The quantitative estimate of drug-likeness (QED) is 0.352. The molecule has 0 N–H and O–H groups in total. The fourth-order valence-corrected chi connectivity index (χ4v) is 2.17. The lowest BCUT2D eigenvalue weighted by atomic mass is 10.1. The molecule has 0 atom stereocenters. The van der Waals surface area contributed by atoms with Crippen LogP contribution in [0.3, 0.4) is 0 Å². The number of benzene rings is 1. The van der Waals surface area contributed by atoms with E-state index in [1.54, 1.807) is 0 Å². The first-order valence-electron chi connectivity index (χ1n) is 5.31. The molecule has 0 amide bonds. The Morgan fingerprint density at radius 2 is 2.00 bits per heavy atom. The highest BCUT2D eigenvalue weighted by Crippen LogP contribution is 2.43. The summed E-state index contributed by atoms with van der Waals surface area (Å²) >= 11 is 3.21. The van der Waals surface area contributed by atoms with E-state index in [1.165, 1.54) is 33.5 Å². The van der Waals surface area contributed by atoms with E-state index < -0.39 is 10.9 Å². The van der Waals surface area contributed by atoms with Gasteiger partial charge in [0.2, 0.25) is 0 Å². The summed E-state index contributed by atoms with van der Waals surface area (Å²) in [4.78, 5) is 21.6. The van der Waals surface area contributed by atoms with Gasteiger partial charge in [-0.1, -0.05) is 0 Å². The van der Waals surface area contributed by atoms with Crippen LogP contribution in [-0.4, -0.2) is 32.2 Å². The molecule has 8 heteroatoms. The van der Waals surface area contributed by atoms with Gasteiger partial charge >= 0.3 is 5.97 Å². The molecule has 20 heavy (non-hydrogen) atoms. The Labute approximate surface area is 123 Å². The predicted octanol–water partition coefficient (Wildman–Crippen LogP) is 2.56. The number of nitro groups is 1. The summed E-state index contributed by atoms with van der Waals surface area (Å²) in [7, 11) is 3.99. The number of halogens is 1. The van der Waals surface area contributed by atoms with Crippen LogP contribution in [0.25, 0.3) is 6.08 Å². The summed E-state index contributed by atoms with van der Waals surface area (Å²) in [5, 5.41) is 11.1. The minimum atomic E-state index is -0.624. The molecule has 0 bridgehead atoms. The van der Waals surface area contributed by atoms with Crippen molar-refractivity contribution in [2.24, 2.45) is 0 Å². The topological polar surface area (TPSA) is 87.9 Å². The number of nitro benzene ring substituents is 1. The van der Waals surface area contributed by atoms with Crippen molar-refractivity contribution in [3.63, 3.8) is 0 Å². The molecule has 0 saturated heterocycles. The average molecular weight is 346 g/mol. The fraction of sp³-hybridized carbons (Fsp3) is 0.250. The van der Waals surface area contributed by atoms with Gasteiger partial charge in [0.25, 0.3) is 5.69 Å². The third kappa shape index (κ3) is 3.27. The van der Waals surface area contributed by atoms with Gasteiger partial charge in [0.15, 0.2) is 11.5 Å².